The molecule has 3 nitrogen and oxygen atoms in total. The molecule has 0 aliphatic rings. The van der Waals surface area contributed by atoms with Crippen molar-refractivity contribution in [2.24, 2.45) is 4.99 Å². The first-order valence-electron chi connectivity index (χ1n) is 6.78. The summed E-state index contributed by atoms with van der Waals surface area (Å²) >= 11 is 3.33. The van der Waals surface area contributed by atoms with E-state index in [0.29, 0.717) is 16.8 Å². The molecule has 2 aromatic carbocycles. The van der Waals surface area contributed by atoms with Gasteiger partial charge in [-0.25, -0.2) is 0 Å². The quantitative estimate of drug-likeness (QED) is 0.797. The van der Waals surface area contributed by atoms with Crippen molar-refractivity contribution in [3.63, 3.8) is 0 Å². The van der Waals surface area contributed by atoms with Crippen LogP contribution < -0.4 is 4.74 Å². The number of benzene rings is 2. The Bertz CT molecular complexity index is 681. The van der Waals surface area contributed by atoms with Crippen molar-refractivity contribution < 1.29 is 9.84 Å². The molecule has 2 rings (SSSR count). The summed E-state index contributed by atoms with van der Waals surface area (Å²) in [5.74, 6) is 0.565. The highest BCUT2D eigenvalue weighted by molar-refractivity contribution is 9.10. The third-order valence-corrected chi connectivity index (χ3v) is 3.88. The predicted octanol–water partition coefficient (Wildman–Crippen LogP) is 4.92. The van der Waals surface area contributed by atoms with Gasteiger partial charge in [0.1, 0.15) is 0 Å². The second kappa shape index (κ2) is 6.76. The van der Waals surface area contributed by atoms with Gasteiger partial charge in [-0.15, -0.1) is 0 Å². The summed E-state index contributed by atoms with van der Waals surface area (Å²) < 4.78 is 6.00. The van der Waals surface area contributed by atoms with Gasteiger partial charge in [0.25, 0.3) is 0 Å². The van der Waals surface area contributed by atoms with Crippen molar-refractivity contribution in [3.05, 3.63) is 51.5 Å². The highest BCUT2D eigenvalue weighted by Gasteiger charge is 2.08. The molecule has 21 heavy (non-hydrogen) atoms. The van der Waals surface area contributed by atoms with Crippen LogP contribution in [0, 0.1) is 13.8 Å². The van der Waals surface area contributed by atoms with E-state index in [1.165, 1.54) is 5.56 Å². The van der Waals surface area contributed by atoms with Gasteiger partial charge in [0.05, 0.1) is 16.8 Å². The fraction of sp³-hybridized carbons (Fsp3) is 0.235. The Balaban J connectivity index is 2.35. The van der Waals surface area contributed by atoms with E-state index in [9.17, 15) is 5.11 Å². The van der Waals surface area contributed by atoms with Crippen LogP contribution in [-0.2, 0) is 0 Å². The molecule has 0 saturated heterocycles. The van der Waals surface area contributed by atoms with Crippen LogP contribution in [0.25, 0.3) is 0 Å². The molecule has 0 bridgehead atoms. The summed E-state index contributed by atoms with van der Waals surface area (Å²) in [5, 5.41) is 9.90. The van der Waals surface area contributed by atoms with Crippen molar-refractivity contribution in [2.75, 3.05) is 6.61 Å². The molecule has 0 unspecified atom stereocenters. The first kappa shape index (κ1) is 15.6. The highest BCUT2D eigenvalue weighted by atomic mass is 79.9. The molecule has 0 fully saturated rings. The number of nitrogens with zero attached hydrogens (tertiary/aromatic N) is 1. The summed E-state index contributed by atoms with van der Waals surface area (Å²) in [6.07, 6.45) is 1.77. The highest BCUT2D eigenvalue weighted by Crippen LogP contribution is 2.35. The molecule has 110 valence electrons. The minimum absolute atomic E-state index is 0.112. The van der Waals surface area contributed by atoms with Gasteiger partial charge in [-0.2, -0.15) is 0 Å². The van der Waals surface area contributed by atoms with Crippen LogP contribution in [0.15, 0.2) is 39.8 Å². The topological polar surface area (TPSA) is 41.8 Å². The monoisotopic (exact) mass is 347 g/mol. The molecule has 1 N–H and O–H groups in total. The molecular formula is C17H18BrNO2. The lowest BCUT2D eigenvalue weighted by atomic mass is 10.1. The van der Waals surface area contributed by atoms with Crippen LogP contribution in [0.2, 0.25) is 0 Å². The molecule has 0 radical (unpaired) electrons. The normalized spacial score (nSPS) is 11.0. The van der Waals surface area contributed by atoms with Crippen LogP contribution in [-0.4, -0.2) is 17.9 Å². The zero-order valence-corrected chi connectivity index (χ0v) is 13.9. The SMILES string of the molecule is CCOc1cc(C=Nc2cccc(C)c2C)cc(Br)c1O. The molecule has 4 heteroatoms. The van der Waals surface area contributed by atoms with Crippen molar-refractivity contribution in [3.8, 4) is 11.5 Å². The second-order valence-electron chi connectivity index (χ2n) is 4.76. The molecule has 0 saturated carbocycles. The van der Waals surface area contributed by atoms with Gasteiger partial charge in [0, 0.05) is 6.21 Å². The van der Waals surface area contributed by atoms with E-state index >= 15 is 0 Å². The lowest BCUT2D eigenvalue weighted by molar-refractivity contribution is 0.317. The Morgan fingerprint density at radius 2 is 2.05 bits per heavy atom. The Morgan fingerprint density at radius 1 is 1.29 bits per heavy atom. The second-order valence-corrected chi connectivity index (χ2v) is 5.61. The summed E-state index contributed by atoms with van der Waals surface area (Å²) in [6, 6.07) is 9.63. The van der Waals surface area contributed by atoms with Crippen molar-refractivity contribution in [1.82, 2.24) is 0 Å². The molecule has 0 spiro atoms. The average Bonchev–Trinajstić information content (AvgIpc) is 2.46. The maximum atomic E-state index is 9.90. The minimum Gasteiger partial charge on any atom is -0.503 e. The van der Waals surface area contributed by atoms with Gasteiger partial charge in [-0.1, -0.05) is 12.1 Å². The van der Waals surface area contributed by atoms with E-state index in [2.05, 4.69) is 40.8 Å². The van der Waals surface area contributed by atoms with Crippen LogP contribution in [0.5, 0.6) is 11.5 Å². The summed E-state index contributed by atoms with van der Waals surface area (Å²) in [6.45, 7) is 6.50. The van der Waals surface area contributed by atoms with Crippen molar-refractivity contribution in [2.45, 2.75) is 20.8 Å². The lowest BCUT2D eigenvalue weighted by Crippen LogP contribution is -1.94. The molecule has 0 heterocycles. The number of ether oxygens (including phenoxy) is 1. The number of aromatic hydroxyl groups is 1. The fourth-order valence-corrected chi connectivity index (χ4v) is 2.41. The van der Waals surface area contributed by atoms with E-state index in [0.717, 1.165) is 16.8 Å². The van der Waals surface area contributed by atoms with Crippen LogP contribution in [0.4, 0.5) is 5.69 Å². The first-order chi connectivity index (χ1) is 10.0. The lowest BCUT2D eigenvalue weighted by Gasteiger charge is -2.08. The van der Waals surface area contributed by atoms with E-state index < -0.39 is 0 Å². The number of hydrogen-bond acceptors (Lipinski definition) is 3. The molecule has 0 aliphatic carbocycles. The van der Waals surface area contributed by atoms with E-state index in [4.69, 9.17) is 4.74 Å². The maximum absolute atomic E-state index is 9.90. The number of aryl methyl sites for hydroxylation is 1. The zero-order chi connectivity index (χ0) is 15.4. The number of phenols is 1. The molecule has 0 aromatic heterocycles. The number of halogens is 1. The molecule has 0 amide bonds. The molecular weight excluding hydrogens is 330 g/mol. The van der Waals surface area contributed by atoms with Gasteiger partial charge in [0.2, 0.25) is 0 Å². The Labute approximate surface area is 133 Å². The fourth-order valence-electron chi connectivity index (χ4n) is 1.95. The Morgan fingerprint density at radius 3 is 2.76 bits per heavy atom. The van der Waals surface area contributed by atoms with Crippen molar-refractivity contribution in [1.29, 1.82) is 0 Å². The van der Waals surface area contributed by atoms with Crippen LogP contribution in [0.3, 0.4) is 0 Å². The number of rotatable bonds is 4. The smallest absolute Gasteiger partial charge is 0.172 e. The standard InChI is InChI=1S/C17H18BrNO2/c1-4-21-16-9-13(8-14(18)17(16)20)10-19-15-7-5-6-11(2)12(15)3/h5-10,20H,4H2,1-3H3. The Hall–Kier alpha value is -1.81. The van der Waals surface area contributed by atoms with Crippen LogP contribution in [0.1, 0.15) is 23.6 Å². The van der Waals surface area contributed by atoms with Gasteiger partial charge in [0.15, 0.2) is 11.5 Å². The van der Waals surface area contributed by atoms with Crippen molar-refractivity contribution >= 4 is 27.8 Å². The van der Waals surface area contributed by atoms with Gasteiger partial charge < -0.3 is 9.84 Å². The number of hydrogen-bond donors (Lipinski definition) is 1. The number of phenolic OH excluding ortho intramolecular Hbond substituents is 1. The van der Waals surface area contributed by atoms with E-state index in [-0.39, 0.29) is 5.75 Å². The molecule has 0 aliphatic heterocycles. The minimum atomic E-state index is 0.112. The van der Waals surface area contributed by atoms with Gasteiger partial charge >= 0.3 is 0 Å². The van der Waals surface area contributed by atoms with E-state index in [1.54, 1.807) is 12.3 Å². The van der Waals surface area contributed by atoms with Gasteiger partial charge in [-0.3, -0.25) is 4.99 Å². The number of aliphatic imine (C=N–C) groups is 1. The largest absolute Gasteiger partial charge is 0.503 e. The summed E-state index contributed by atoms with van der Waals surface area (Å²) in [4.78, 5) is 4.53. The molecule has 0 atom stereocenters. The first-order valence-corrected chi connectivity index (χ1v) is 7.57. The predicted molar refractivity (Wildman–Crippen MR) is 90.1 cm³/mol. The zero-order valence-electron chi connectivity index (χ0n) is 12.4. The molecule has 2 aromatic rings. The average molecular weight is 348 g/mol. The van der Waals surface area contributed by atoms with Gasteiger partial charge in [-0.05, 0) is 71.6 Å². The summed E-state index contributed by atoms with van der Waals surface area (Å²) in [7, 11) is 0. The third-order valence-electron chi connectivity index (χ3n) is 3.28. The van der Waals surface area contributed by atoms with Crippen LogP contribution >= 0.6 is 15.9 Å². The Kier molecular flexibility index (Phi) is 5.02. The van der Waals surface area contributed by atoms with E-state index in [1.807, 2.05) is 25.1 Å². The summed E-state index contributed by atoms with van der Waals surface area (Å²) in [5.41, 5.74) is 4.18. The maximum Gasteiger partial charge on any atom is 0.172 e. The third kappa shape index (κ3) is 3.64.